The van der Waals surface area contributed by atoms with Crippen LogP contribution >= 0.6 is 34.2 Å². The number of aromatic nitrogens is 2. The lowest BCUT2D eigenvalue weighted by molar-refractivity contribution is 0.787. The van der Waals surface area contributed by atoms with Gasteiger partial charge in [0, 0.05) is 17.5 Å². The van der Waals surface area contributed by atoms with Crippen LogP contribution in [0.15, 0.2) is 18.2 Å². The summed E-state index contributed by atoms with van der Waals surface area (Å²) in [5, 5.41) is 6.15. The molecule has 12 heavy (non-hydrogen) atoms. The monoisotopic (exact) mass is 292 g/mol. The molecule has 4 heteroatoms. The summed E-state index contributed by atoms with van der Waals surface area (Å²) < 4.78 is 2.85. The number of aryl methyl sites for hydroxylation is 1. The van der Waals surface area contributed by atoms with Crippen molar-refractivity contribution in [2.75, 3.05) is 0 Å². The van der Waals surface area contributed by atoms with E-state index < -0.39 is 0 Å². The Morgan fingerprint density at radius 3 is 3.00 bits per heavy atom. The highest BCUT2D eigenvalue weighted by Crippen LogP contribution is 2.22. The van der Waals surface area contributed by atoms with E-state index in [2.05, 4.69) is 27.7 Å². The quantitative estimate of drug-likeness (QED) is 0.683. The molecule has 62 valence electrons. The Morgan fingerprint density at radius 2 is 2.25 bits per heavy atom. The summed E-state index contributed by atoms with van der Waals surface area (Å²) in [6, 6.07) is 5.79. The van der Waals surface area contributed by atoms with E-state index >= 15 is 0 Å². The van der Waals surface area contributed by atoms with Gasteiger partial charge < -0.3 is 0 Å². The van der Waals surface area contributed by atoms with E-state index in [1.807, 2.05) is 29.9 Å². The minimum atomic E-state index is 0.758. The molecule has 0 spiro atoms. The predicted molar refractivity (Wildman–Crippen MR) is 58.4 cm³/mol. The first-order valence-electron chi connectivity index (χ1n) is 3.46. The molecule has 0 aliphatic rings. The summed E-state index contributed by atoms with van der Waals surface area (Å²) in [5.74, 6) is 0. The average Bonchev–Trinajstić information content (AvgIpc) is 2.28. The summed E-state index contributed by atoms with van der Waals surface area (Å²) >= 11 is 8.06. The van der Waals surface area contributed by atoms with Crippen molar-refractivity contribution in [1.82, 2.24) is 9.78 Å². The second kappa shape index (κ2) is 2.88. The SMILES string of the molecule is Cn1nc(I)c2cc(Cl)ccc21. The molecule has 0 atom stereocenters. The van der Waals surface area contributed by atoms with Crippen molar-refractivity contribution in [2.24, 2.45) is 7.05 Å². The molecule has 0 radical (unpaired) electrons. The van der Waals surface area contributed by atoms with Crippen molar-refractivity contribution in [1.29, 1.82) is 0 Å². The minimum Gasteiger partial charge on any atom is -0.267 e. The van der Waals surface area contributed by atoms with Gasteiger partial charge in [0.1, 0.15) is 3.70 Å². The maximum absolute atomic E-state index is 5.86. The molecular formula is C8H6ClIN2. The van der Waals surface area contributed by atoms with Crippen LogP contribution in [0, 0.1) is 3.70 Å². The Balaban J connectivity index is 2.90. The fraction of sp³-hybridized carbons (Fsp3) is 0.125. The first-order chi connectivity index (χ1) is 5.68. The van der Waals surface area contributed by atoms with Gasteiger partial charge in [-0.3, -0.25) is 4.68 Å². The van der Waals surface area contributed by atoms with Crippen LogP contribution in [-0.2, 0) is 7.05 Å². The van der Waals surface area contributed by atoms with Gasteiger partial charge >= 0.3 is 0 Å². The number of nitrogens with zero attached hydrogens (tertiary/aromatic N) is 2. The third kappa shape index (κ3) is 1.21. The highest BCUT2D eigenvalue weighted by molar-refractivity contribution is 14.1. The zero-order valence-electron chi connectivity index (χ0n) is 6.38. The molecule has 0 N–H and O–H groups in total. The van der Waals surface area contributed by atoms with Gasteiger partial charge in [-0.2, -0.15) is 5.10 Å². The average molecular weight is 293 g/mol. The highest BCUT2D eigenvalue weighted by atomic mass is 127. The van der Waals surface area contributed by atoms with E-state index in [-0.39, 0.29) is 0 Å². The van der Waals surface area contributed by atoms with Crippen LogP contribution < -0.4 is 0 Å². The molecule has 2 rings (SSSR count). The summed E-state index contributed by atoms with van der Waals surface area (Å²) in [6.45, 7) is 0. The van der Waals surface area contributed by atoms with Crippen LogP contribution in [-0.4, -0.2) is 9.78 Å². The van der Waals surface area contributed by atoms with Crippen LogP contribution in [0.2, 0.25) is 5.02 Å². The molecule has 0 amide bonds. The van der Waals surface area contributed by atoms with Gasteiger partial charge in [-0.1, -0.05) is 11.6 Å². The van der Waals surface area contributed by atoms with Crippen LogP contribution in [0.3, 0.4) is 0 Å². The molecule has 0 saturated heterocycles. The lowest BCUT2D eigenvalue weighted by atomic mass is 10.3. The number of benzene rings is 1. The summed E-state index contributed by atoms with van der Waals surface area (Å²) in [5.41, 5.74) is 1.11. The Kier molecular flexibility index (Phi) is 2.00. The lowest BCUT2D eigenvalue weighted by Crippen LogP contribution is -1.88. The number of hydrogen-bond donors (Lipinski definition) is 0. The molecule has 1 aromatic carbocycles. The maximum Gasteiger partial charge on any atom is 0.131 e. The van der Waals surface area contributed by atoms with Gasteiger partial charge in [0.2, 0.25) is 0 Å². The van der Waals surface area contributed by atoms with E-state index in [9.17, 15) is 0 Å². The van der Waals surface area contributed by atoms with E-state index in [0.29, 0.717) is 0 Å². The molecular weight excluding hydrogens is 286 g/mol. The fourth-order valence-corrected chi connectivity index (χ4v) is 2.12. The molecule has 1 aromatic heterocycles. The van der Waals surface area contributed by atoms with Gasteiger partial charge in [-0.05, 0) is 40.8 Å². The second-order valence-electron chi connectivity index (χ2n) is 2.58. The van der Waals surface area contributed by atoms with Gasteiger partial charge in [-0.25, -0.2) is 0 Å². The van der Waals surface area contributed by atoms with Crippen molar-refractivity contribution < 1.29 is 0 Å². The molecule has 1 heterocycles. The van der Waals surface area contributed by atoms with Crippen molar-refractivity contribution in [3.8, 4) is 0 Å². The number of rotatable bonds is 0. The Morgan fingerprint density at radius 1 is 1.50 bits per heavy atom. The predicted octanol–water partition coefficient (Wildman–Crippen LogP) is 2.83. The van der Waals surface area contributed by atoms with E-state index in [1.54, 1.807) is 0 Å². The molecule has 0 fully saturated rings. The van der Waals surface area contributed by atoms with Crippen molar-refractivity contribution >= 4 is 45.1 Å². The first-order valence-corrected chi connectivity index (χ1v) is 4.92. The van der Waals surface area contributed by atoms with Gasteiger partial charge in [0.05, 0.1) is 5.52 Å². The fourth-order valence-electron chi connectivity index (χ4n) is 1.20. The van der Waals surface area contributed by atoms with Crippen LogP contribution in [0.1, 0.15) is 0 Å². The minimum absolute atomic E-state index is 0.758. The third-order valence-corrected chi connectivity index (χ3v) is 2.80. The lowest BCUT2D eigenvalue weighted by Gasteiger charge is -1.92. The van der Waals surface area contributed by atoms with Gasteiger partial charge in [-0.15, -0.1) is 0 Å². The summed E-state index contributed by atoms with van der Waals surface area (Å²) in [6.07, 6.45) is 0. The third-order valence-electron chi connectivity index (χ3n) is 1.77. The largest absolute Gasteiger partial charge is 0.267 e. The highest BCUT2D eigenvalue weighted by Gasteiger charge is 2.04. The molecule has 2 aromatic rings. The van der Waals surface area contributed by atoms with Crippen molar-refractivity contribution in [2.45, 2.75) is 0 Å². The Bertz CT molecular complexity index is 436. The zero-order valence-corrected chi connectivity index (χ0v) is 9.30. The van der Waals surface area contributed by atoms with E-state index in [0.717, 1.165) is 19.6 Å². The van der Waals surface area contributed by atoms with Crippen molar-refractivity contribution in [3.05, 3.63) is 26.9 Å². The van der Waals surface area contributed by atoms with Crippen molar-refractivity contribution in [3.63, 3.8) is 0 Å². The number of halogens is 2. The Hall–Kier alpha value is -0.290. The summed E-state index contributed by atoms with van der Waals surface area (Å²) in [4.78, 5) is 0. The van der Waals surface area contributed by atoms with Gasteiger partial charge in [0.15, 0.2) is 0 Å². The number of fused-ring (bicyclic) bond motifs is 1. The van der Waals surface area contributed by atoms with Crippen LogP contribution in [0.25, 0.3) is 10.9 Å². The Labute approximate surface area is 88.7 Å². The molecule has 0 aliphatic heterocycles. The molecule has 0 unspecified atom stereocenters. The molecule has 0 saturated carbocycles. The normalized spacial score (nSPS) is 10.9. The smallest absolute Gasteiger partial charge is 0.131 e. The van der Waals surface area contributed by atoms with Crippen LogP contribution in [0.5, 0.6) is 0 Å². The van der Waals surface area contributed by atoms with E-state index in [4.69, 9.17) is 11.6 Å². The van der Waals surface area contributed by atoms with Crippen LogP contribution in [0.4, 0.5) is 0 Å². The summed E-state index contributed by atoms with van der Waals surface area (Å²) in [7, 11) is 1.93. The maximum atomic E-state index is 5.86. The standard InChI is InChI=1S/C8H6ClIN2/c1-12-7-3-2-5(9)4-6(7)8(10)11-12/h2-4H,1H3. The molecule has 0 aliphatic carbocycles. The van der Waals surface area contributed by atoms with Gasteiger partial charge in [0.25, 0.3) is 0 Å². The second-order valence-corrected chi connectivity index (χ2v) is 4.03. The molecule has 0 bridgehead atoms. The number of hydrogen-bond acceptors (Lipinski definition) is 1. The topological polar surface area (TPSA) is 17.8 Å². The zero-order chi connectivity index (χ0) is 8.72. The first kappa shape index (κ1) is 8.31. The molecule has 2 nitrogen and oxygen atoms in total. The van der Waals surface area contributed by atoms with E-state index in [1.165, 1.54) is 0 Å².